The van der Waals surface area contributed by atoms with Crippen LogP contribution < -0.4 is 20.8 Å². The van der Waals surface area contributed by atoms with E-state index in [0.717, 1.165) is 17.8 Å². The Hall–Kier alpha value is -3.88. The van der Waals surface area contributed by atoms with Gasteiger partial charge in [0, 0.05) is 23.2 Å². The molecule has 0 spiro atoms. The number of fused-ring (bicyclic) bond motifs is 2. The molecule has 0 fully saturated rings. The second-order valence-electron chi connectivity index (χ2n) is 7.00. The van der Waals surface area contributed by atoms with Crippen LogP contribution in [0.3, 0.4) is 0 Å². The Morgan fingerprint density at radius 3 is 2.70 bits per heavy atom. The molecule has 0 aliphatic carbocycles. The quantitative estimate of drug-likeness (QED) is 0.545. The Labute approximate surface area is 169 Å². The summed E-state index contributed by atoms with van der Waals surface area (Å²) in [6, 6.07) is 11.7. The predicted octanol–water partition coefficient (Wildman–Crippen LogP) is 2.34. The highest BCUT2D eigenvalue weighted by Crippen LogP contribution is 2.23. The molecule has 2 atom stereocenters. The van der Waals surface area contributed by atoms with E-state index in [4.69, 9.17) is 4.99 Å². The Kier molecular flexibility index (Phi) is 4.35. The summed E-state index contributed by atoms with van der Waals surface area (Å²) in [5.74, 6) is -1.24. The second-order valence-corrected chi connectivity index (χ2v) is 7.00. The number of rotatable bonds is 4. The van der Waals surface area contributed by atoms with Crippen molar-refractivity contribution in [1.82, 2.24) is 19.9 Å². The normalized spacial score (nSPS) is 16.5. The molecule has 2 aromatic carbocycles. The lowest BCUT2D eigenvalue weighted by atomic mass is 10.1. The number of H-pyrrole nitrogens is 1. The molecular weight excluding hydrogens is 388 g/mol. The van der Waals surface area contributed by atoms with Crippen LogP contribution in [0.4, 0.5) is 20.3 Å². The summed E-state index contributed by atoms with van der Waals surface area (Å²) in [7, 11) is 0. The maximum atomic E-state index is 13.8. The van der Waals surface area contributed by atoms with Gasteiger partial charge in [0.1, 0.15) is 18.0 Å². The molecular formula is C21H17F2N7. The molecule has 2 unspecified atom stereocenters. The third-order valence-electron chi connectivity index (χ3n) is 4.99. The van der Waals surface area contributed by atoms with Crippen LogP contribution in [0.2, 0.25) is 0 Å². The molecule has 30 heavy (non-hydrogen) atoms. The number of hydrogen-bond acceptors (Lipinski definition) is 6. The Balaban J connectivity index is 1.59. The minimum atomic E-state index is -0.923. The summed E-state index contributed by atoms with van der Waals surface area (Å²) < 4.78 is 27.6. The molecule has 1 aliphatic heterocycles. The van der Waals surface area contributed by atoms with Crippen molar-refractivity contribution in [3.8, 4) is 0 Å². The first-order valence-corrected chi connectivity index (χ1v) is 9.39. The zero-order valence-electron chi connectivity index (χ0n) is 15.9. The molecule has 5 rings (SSSR count). The first kappa shape index (κ1) is 18.2. The fraction of sp³-hybridized carbons (Fsp3) is 0.143. The first-order chi connectivity index (χ1) is 14.6. The summed E-state index contributed by atoms with van der Waals surface area (Å²) in [6.45, 7) is 1.95. The molecule has 0 saturated heterocycles. The summed E-state index contributed by atoms with van der Waals surface area (Å²) in [4.78, 5) is 22.3. The third-order valence-corrected chi connectivity index (χ3v) is 4.99. The molecule has 2 N–H and O–H groups in total. The van der Waals surface area contributed by atoms with E-state index in [0.29, 0.717) is 27.6 Å². The average molecular weight is 405 g/mol. The average Bonchev–Trinajstić information content (AvgIpc) is 3.24. The molecule has 0 amide bonds. The van der Waals surface area contributed by atoms with E-state index in [1.807, 2.05) is 42.2 Å². The standard InChI is InChI=1S/C21H17F2N7/c1-12(28-20-18-19(25-10-24-18)26-11-27-20)21-29-17-8-16(23)15(22)7-13(17)9-30(21)14-5-3-2-4-6-14/h2-12,21H,1H3,(H2,24,25,26,27,28). The lowest BCUT2D eigenvalue weighted by Gasteiger charge is -2.34. The van der Waals surface area contributed by atoms with Gasteiger partial charge in [-0.25, -0.2) is 23.7 Å². The number of hydrogen-bond donors (Lipinski definition) is 2. The number of halogens is 2. The molecule has 7 nitrogen and oxygen atoms in total. The van der Waals surface area contributed by atoms with Crippen LogP contribution in [0.15, 0.2) is 60.1 Å². The van der Waals surface area contributed by atoms with Crippen molar-refractivity contribution in [3.63, 3.8) is 0 Å². The molecule has 3 heterocycles. The molecule has 4 aromatic rings. The fourth-order valence-corrected chi connectivity index (χ4v) is 3.54. The maximum absolute atomic E-state index is 13.8. The number of nitrogens with one attached hydrogen (secondary N) is 2. The van der Waals surface area contributed by atoms with Crippen molar-refractivity contribution >= 4 is 28.9 Å². The second kappa shape index (κ2) is 7.18. The third kappa shape index (κ3) is 3.14. The van der Waals surface area contributed by atoms with Crippen LogP contribution in [-0.4, -0.2) is 32.1 Å². The van der Waals surface area contributed by atoms with Gasteiger partial charge in [-0.2, -0.15) is 0 Å². The molecule has 2 aromatic heterocycles. The van der Waals surface area contributed by atoms with Crippen LogP contribution in [0.1, 0.15) is 6.92 Å². The number of para-hydroxylation sites is 1. The highest BCUT2D eigenvalue weighted by atomic mass is 19.2. The summed E-state index contributed by atoms with van der Waals surface area (Å²) >= 11 is 0. The zero-order valence-corrected chi connectivity index (χ0v) is 15.9. The molecule has 150 valence electrons. The van der Waals surface area contributed by atoms with Crippen LogP contribution in [0, 0.1) is 11.6 Å². The Bertz CT molecular complexity index is 1340. The minimum absolute atomic E-state index is 0.246. The van der Waals surface area contributed by atoms with Crippen LogP contribution in [0.5, 0.6) is 0 Å². The fourth-order valence-electron chi connectivity index (χ4n) is 3.54. The highest BCUT2D eigenvalue weighted by Gasteiger charge is 2.26. The van der Waals surface area contributed by atoms with Gasteiger partial charge < -0.3 is 15.2 Å². The Morgan fingerprint density at radius 1 is 1.07 bits per heavy atom. The number of nitrogens with zero attached hydrogens (tertiary/aromatic N) is 5. The van der Waals surface area contributed by atoms with Gasteiger partial charge in [0.15, 0.2) is 23.1 Å². The zero-order chi connectivity index (χ0) is 20.7. The lowest BCUT2D eigenvalue weighted by Crippen LogP contribution is -2.49. The molecule has 9 heteroatoms. The first-order valence-electron chi connectivity index (χ1n) is 9.39. The molecule has 0 radical (unpaired) electrons. The van der Waals surface area contributed by atoms with E-state index in [-0.39, 0.29) is 6.04 Å². The van der Waals surface area contributed by atoms with Gasteiger partial charge in [0.25, 0.3) is 0 Å². The molecule has 1 aliphatic rings. The van der Waals surface area contributed by atoms with Crippen LogP contribution in [0.25, 0.3) is 17.4 Å². The van der Waals surface area contributed by atoms with Gasteiger partial charge >= 0.3 is 0 Å². The minimum Gasteiger partial charge on any atom is -0.362 e. The smallest absolute Gasteiger partial charge is 0.182 e. The largest absolute Gasteiger partial charge is 0.362 e. The van der Waals surface area contributed by atoms with Gasteiger partial charge in [-0.15, -0.1) is 0 Å². The van der Waals surface area contributed by atoms with Gasteiger partial charge in [-0.3, -0.25) is 4.99 Å². The summed E-state index contributed by atoms with van der Waals surface area (Å²) in [5.41, 5.74) is 2.11. The number of aromatic nitrogens is 4. The number of imidazole rings is 1. The SMILES string of the molecule is CC(Nc1ncnc2nc[nH]c12)C1N=c2cc(F)c(F)cc2=CN1c1ccccc1. The van der Waals surface area contributed by atoms with Crippen molar-refractivity contribution in [2.75, 3.05) is 10.2 Å². The van der Waals surface area contributed by atoms with Gasteiger partial charge in [-0.1, -0.05) is 18.2 Å². The van der Waals surface area contributed by atoms with E-state index >= 15 is 0 Å². The summed E-state index contributed by atoms with van der Waals surface area (Å²) in [6.07, 6.45) is 4.34. The lowest BCUT2D eigenvalue weighted by molar-refractivity contribution is 0.503. The van der Waals surface area contributed by atoms with E-state index < -0.39 is 17.8 Å². The number of aromatic amines is 1. The summed E-state index contributed by atoms with van der Waals surface area (Å²) in [5, 5.41) is 4.26. The topological polar surface area (TPSA) is 82.1 Å². The number of anilines is 2. The Morgan fingerprint density at radius 2 is 1.87 bits per heavy atom. The molecule has 0 bridgehead atoms. The van der Waals surface area contributed by atoms with Crippen molar-refractivity contribution < 1.29 is 8.78 Å². The van der Waals surface area contributed by atoms with E-state index in [1.54, 1.807) is 12.5 Å². The van der Waals surface area contributed by atoms with Crippen LogP contribution >= 0.6 is 0 Å². The van der Waals surface area contributed by atoms with Gasteiger partial charge in [-0.05, 0) is 25.1 Å². The van der Waals surface area contributed by atoms with E-state index in [2.05, 4.69) is 25.3 Å². The molecule has 0 saturated carbocycles. The monoisotopic (exact) mass is 405 g/mol. The van der Waals surface area contributed by atoms with Crippen molar-refractivity contribution in [3.05, 3.63) is 77.3 Å². The van der Waals surface area contributed by atoms with Crippen molar-refractivity contribution in [2.45, 2.75) is 19.1 Å². The number of benzene rings is 2. The predicted molar refractivity (Wildman–Crippen MR) is 109 cm³/mol. The van der Waals surface area contributed by atoms with Crippen molar-refractivity contribution in [2.24, 2.45) is 4.99 Å². The van der Waals surface area contributed by atoms with E-state index in [9.17, 15) is 8.78 Å². The van der Waals surface area contributed by atoms with E-state index in [1.165, 1.54) is 6.33 Å². The van der Waals surface area contributed by atoms with Crippen LogP contribution in [-0.2, 0) is 0 Å². The van der Waals surface area contributed by atoms with Crippen molar-refractivity contribution in [1.29, 1.82) is 0 Å². The van der Waals surface area contributed by atoms with Gasteiger partial charge in [0.05, 0.1) is 17.7 Å². The van der Waals surface area contributed by atoms with Gasteiger partial charge in [0.2, 0.25) is 0 Å². The highest BCUT2D eigenvalue weighted by molar-refractivity contribution is 5.82. The maximum Gasteiger partial charge on any atom is 0.182 e.